The van der Waals surface area contributed by atoms with Crippen LogP contribution in [0.5, 0.6) is 0 Å². The summed E-state index contributed by atoms with van der Waals surface area (Å²) in [6.07, 6.45) is -0.292. The van der Waals surface area contributed by atoms with E-state index in [0.29, 0.717) is 32.7 Å². The Morgan fingerprint density at radius 3 is 2.82 bits per heavy atom. The van der Waals surface area contributed by atoms with Crippen LogP contribution in [0, 0.1) is 10.1 Å². The third-order valence-corrected chi connectivity index (χ3v) is 4.43. The molecule has 0 aliphatic carbocycles. The summed E-state index contributed by atoms with van der Waals surface area (Å²) in [5, 5.41) is 14.1. The predicted molar refractivity (Wildman–Crippen MR) is 116 cm³/mol. The van der Waals surface area contributed by atoms with Crippen molar-refractivity contribution in [3.05, 3.63) is 39.9 Å². The number of nitrogens with one attached hydrogen (secondary N) is 1. The summed E-state index contributed by atoms with van der Waals surface area (Å²) in [7, 11) is 0. The molecule has 10 heteroatoms. The zero-order chi connectivity index (χ0) is 19.6. The Labute approximate surface area is 181 Å². The second-order valence-corrected chi connectivity index (χ2v) is 7.72. The average Bonchev–Trinajstić information content (AvgIpc) is 3.01. The van der Waals surface area contributed by atoms with E-state index in [4.69, 9.17) is 4.74 Å². The molecule has 1 N–H and O–H groups in total. The number of nitro benzene ring substituents is 1. The van der Waals surface area contributed by atoms with E-state index in [9.17, 15) is 14.9 Å². The van der Waals surface area contributed by atoms with Crippen LogP contribution in [0.2, 0.25) is 0 Å². The monoisotopic (exact) mass is 503 g/mol. The number of nitrogens with zero attached hydrogens (tertiary/aromatic N) is 4. The van der Waals surface area contributed by atoms with Crippen molar-refractivity contribution in [2.45, 2.75) is 39.0 Å². The van der Waals surface area contributed by atoms with E-state index in [1.54, 1.807) is 17.0 Å². The standard InChI is InChI=1S/C18H25N5O4.HI/c1-18(2,3)27-17(24)21-7-8-22-15(12-21)11-20-16(22)19-10-13-5-4-6-14(9-13)23(25)26;/h4-6,9,15H,7-8,10-12H2,1-3H3,(H,19,20);1H. The van der Waals surface area contributed by atoms with Gasteiger partial charge in [0.15, 0.2) is 5.96 Å². The minimum atomic E-state index is -0.509. The quantitative estimate of drug-likeness (QED) is 0.387. The van der Waals surface area contributed by atoms with Gasteiger partial charge in [0.25, 0.3) is 5.69 Å². The Hall–Kier alpha value is -2.11. The van der Waals surface area contributed by atoms with Gasteiger partial charge in [-0.3, -0.25) is 15.1 Å². The molecule has 1 amide bonds. The zero-order valence-electron chi connectivity index (χ0n) is 16.3. The average molecular weight is 503 g/mol. The summed E-state index contributed by atoms with van der Waals surface area (Å²) in [5.41, 5.74) is 0.389. The number of aliphatic imine (C=N–C) groups is 1. The number of fused-ring (bicyclic) bond motifs is 1. The highest BCUT2D eigenvalue weighted by Crippen LogP contribution is 2.19. The number of amides is 1. The minimum Gasteiger partial charge on any atom is -0.444 e. The molecule has 3 rings (SSSR count). The first-order chi connectivity index (χ1) is 12.7. The molecule has 9 nitrogen and oxygen atoms in total. The number of ether oxygens (including phenoxy) is 1. The van der Waals surface area contributed by atoms with Gasteiger partial charge in [-0.2, -0.15) is 0 Å². The van der Waals surface area contributed by atoms with Gasteiger partial charge >= 0.3 is 6.09 Å². The lowest BCUT2D eigenvalue weighted by Gasteiger charge is -2.39. The fourth-order valence-electron chi connectivity index (χ4n) is 3.18. The third-order valence-electron chi connectivity index (χ3n) is 4.43. The van der Waals surface area contributed by atoms with Crippen molar-refractivity contribution < 1.29 is 14.5 Å². The van der Waals surface area contributed by atoms with Gasteiger partial charge in [0.2, 0.25) is 0 Å². The van der Waals surface area contributed by atoms with Crippen LogP contribution in [0.15, 0.2) is 29.3 Å². The Bertz CT molecular complexity index is 765. The number of rotatable bonds is 3. The van der Waals surface area contributed by atoms with E-state index in [1.807, 2.05) is 26.8 Å². The van der Waals surface area contributed by atoms with Gasteiger partial charge < -0.3 is 19.9 Å². The lowest BCUT2D eigenvalue weighted by Crippen LogP contribution is -2.57. The molecule has 154 valence electrons. The second-order valence-electron chi connectivity index (χ2n) is 7.72. The van der Waals surface area contributed by atoms with Crippen LogP contribution >= 0.6 is 24.0 Å². The van der Waals surface area contributed by atoms with Crippen molar-refractivity contribution >= 4 is 41.7 Å². The fourth-order valence-corrected chi connectivity index (χ4v) is 3.18. The minimum absolute atomic E-state index is 0. The van der Waals surface area contributed by atoms with Crippen LogP contribution in [-0.2, 0) is 11.3 Å². The molecule has 1 aromatic rings. The summed E-state index contributed by atoms with van der Waals surface area (Å²) in [6, 6.07) is 6.67. The van der Waals surface area contributed by atoms with E-state index >= 15 is 0 Å². The Balaban J connectivity index is 0.00000280. The summed E-state index contributed by atoms with van der Waals surface area (Å²) >= 11 is 0. The van der Waals surface area contributed by atoms with E-state index in [0.717, 1.165) is 11.5 Å². The van der Waals surface area contributed by atoms with Crippen LogP contribution in [0.4, 0.5) is 10.5 Å². The van der Waals surface area contributed by atoms with E-state index in [2.05, 4.69) is 15.2 Å². The van der Waals surface area contributed by atoms with Crippen molar-refractivity contribution in [2.24, 2.45) is 4.99 Å². The highest BCUT2D eigenvalue weighted by molar-refractivity contribution is 14.0. The Morgan fingerprint density at radius 2 is 2.14 bits per heavy atom. The number of hydrogen-bond acceptors (Lipinski definition) is 7. The van der Waals surface area contributed by atoms with E-state index in [1.165, 1.54) is 6.07 Å². The van der Waals surface area contributed by atoms with Crippen LogP contribution in [-0.4, -0.2) is 64.6 Å². The van der Waals surface area contributed by atoms with Gasteiger partial charge in [0.1, 0.15) is 5.60 Å². The number of carbonyl (C=O) groups is 1. The molecule has 1 aromatic carbocycles. The molecule has 0 bridgehead atoms. The van der Waals surface area contributed by atoms with Crippen LogP contribution < -0.4 is 5.32 Å². The summed E-state index contributed by atoms with van der Waals surface area (Å²) in [5.74, 6) is 0.773. The lowest BCUT2D eigenvalue weighted by atomic mass is 10.2. The van der Waals surface area contributed by atoms with Gasteiger partial charge in [-0.05, 0) is 26.3 Å². The molecule has 2 aliphatic rings. The number of hydrogen-bond donors (Lipinski definition) is 1. The summed E-state index contributed by atoms with van der Waals surface area (Å²) < 4.78 is 5.45. The fraction of sp³-hybridized carbons (Fsp3) is 0.556. The van der Waals surface area contributed by atoms with Gasteiger partial charge in [0, 0.05) is 38.3 Å². The number of carbonyl (C=O) groups excluding carboxylic acids is 1. The maximum atomic E-state index is 12.3. The van der Waals surface area contributed by atoms with Crippen molar-refractivity contribution in [1.82, 2.24) is 15.1 Å². The van der Waals surface area contributed by atoms with Crippen molar-refractivity contribution in [3.63, 3.8) is 0 Å². The highest BCUT2D eigenvalue weighted by Gasteiger charge is 2.36. The SMILES string of the molecule is CC(C)(C)OC(=O)N1CCN2C(NCc3cccc([N+](=O)[O-])c3)=NCC2C1.I. The van der Waals surface area contributed by atoms with Gasteiger partial charge in [-0.25, -0.2) is 4.79 Å². The maximum Gasteiger partial charge on any atom is 0.410 e. The van der Waals surface area contributed by atoms with Crippen molar-refractivity contribution in [1.29, 1.82) is 0 Å². The third kappa shape index (κ3) is 5.46. The molecule has 0 aromatic heterocycles. The number of halogens is 1. The number of non-ortho nitro benzene ring substituents is 1. The first kappa shape index (κ1) is 22.2. The van der Waals surface area contributed by atoms with Crippen LogP contribution in [0.25, 0.3) is 0 Å². The van der Waals surface area contributed by atoms with Crippen molar-refractivity contribution in [3.8, 4) is 0 Å². The molecule has 1 saturated heterocycles. The number of benzene rings is 1. The maximum absolute atomic E-state index is 12.3. The van der Waals surface area contributed by atoms with Gasteiger partial charge in [0.05, 0.1) is 17.5 Å². The molecule has 28 heavy (non-hydrogen) atoms. The first-order valence-electron chi connectivity index (χ1n) is 8.99. The van der Waals surface area contributed by atoms with Crippen LogP contribution in [0.3, 0.4) is 0 Å². The molecule has 0 radical (unpaired) electrons. The summed E-state index contributed by atoms with van der Waals surface area (Å²) in [6.45, 7) is 8.45. The topological polar surface area (TPSA) is 100 Å². The smallest absolute Gasteiger partial charge is 0.410 e. The predicted octanol–water partition coefficient (Wildman–Crippen LogP) is 2.59. The Morgan fingerprint density at radius 1 is 1.39 bits per heavy atom. The van der Waals surface area contributed by atoms with Gasteiger partial charge in [-0.15, -0.1) is 24.0 Å². The summed E-state index contributed by atoms with van der Waals surface area (Å²) in [4.78, 5) is 31.2. The number of piperazine rings is 1. The number of nitro groups is 1. The molecule has 1 unspecified atom stereocenters. The molecule has 0 saturated carbocycles. The molecule has 0 spiro atoms. The lowest BCUT2D eigenvalue weighted by molar-refractivity contribution is -0.384. The van der Waals surface area contributed by atoms with Gasteiger partial charge in [-0.1, -0.05) is 12.1 Å². The molecule has 2 heterocycles. The van der Waals surface area contributed by atoms with Crippen molar-refractivity contribution in [2.75, 3.05) is 26.2 Å². The highest BCUT2D eigenvalue weighted by atomic mass is 127. The largest absolute Gasteiger partial charge is 0.444 e. The van der Waals surface area contributed by atoms with E-state index in [-0.39, 0.29) is 41.8 Å². The van der Waals surface area contributed by atoms with E-state index < -0.39 is 10.5 Å². The molecule has 1 atom stereocenters. The zero-order valence-corrected chi connectivity index (χ0v) is 18.6. The molecule has 1 fully saturated rings. The Kier molecular flexibility index (Phi) is 7.07. The number of guanidine groups is 1. The molecular weight excluding hydrogens is 477 g/mol. The molecular formula is C18H26IN5O4. The van der Waals surface area contributed by atoms with Crippen LogP contribution in [0.1, 0.15) is 26.3 Å². The second kappa shape index (κ2) is 8.93. The normalized spacial score (nSPS) is 18.7. The first-order valence-corrected chi connectivity index (χ1v) is 8.99. The molecule has 2 aliphatic heterocycles.